The maximum atomic E-state index is 13.5. The van der Waals surface area contributed by atoms with Gasteiger partial charge in [0.15, 0.2) is 5.60 Å². The molecule has 2 aliphatic heterocycles. The maximum Gasteiger partial charge on any atom is 0.315 e. The molecule has 0 radical (unpaired) electrons. The molecule has 3 aromatic rings. The monoisotopic (exact) mass is 546 g/mol. The number of hydrogen-bond donors (Lipinski definition) is 2. The first kappa shape index (κ1) is 26.9. The first-order valence-electron chi connectivity index (χ1n) is 13.3. The minimum atomic E-state index is -1.15. The molecule has 0 unspecified atom stereocenters. The summed E-state index contributed by atoms with van der Waals surface area (Å²) in [5.41, 5.74) is 1.36. The van der Waals surface area contributed by atoms with Crippen molar-refractivity contribution < 1.29 is 23.8 Å². The molecule has 2 fully saturated rings. The first-order valence-corrected chi connectivity index (χ1v) is 14.3. The van der Waals surface area contributed by atoms with E-state index in [0.29, 0.717) is 18.1 Å². The molecule has 0 spiro atoms. The van der Waals surface area contributed by atoms with Gasteiger partial charge in [-0.3, -0.25) is 4.79 Å². The molecule has 7 nitrogen and oxygen atoms in total. The van der Waals surface area contributed by atoms with Crippen molar-refractivity contribution in [2.75, 3.05) is 20.0 Å². The van der Waals surface area contributed by atoms with E-state index in [1.165, 1.54) is 0 Å². The Bertz CT molecular complexity index is 1220. The van der Waals surface area contributed by atoms with E-state index in [2.05, 4.69) is 10.6 Å². The third kappa shape index (κ3) is 5.71. The van der Waals surface area contributed by atoms with Crippen LogP contribution in [0.15, 0.2) is 78.9 Å². The van der Waals surface area contributed by atoms with Crippen LogP contribution in [0.25, 0.3) is 0 Å². The smallest absolute Gasteiger partial charge is 0.315 e. The predicted molar refractivity (Wildman–Crippen MR) is 152 cm³/mol. The molecule has 3 aromatic carbocycles. The normalized spacial score (nSPS) is 20.1. The van der Waals surface area contributed by atoms with E-state index in [9.17, 15) is 9.59 Å². The van der Waals surface area contributed by atoms with Crippen molar-refractivity contribution in [2.24, 2.45) is 0 Å². The number of carbonyl (C=O) groups excluding carboxylic acids is 2. The fourth-order valence-electron chi connectivity index (χ4n) is 5.48. The molecule has 0 saturated carbocycles. The standard InChI is InChI=1S/C31H34N2O5S/c1-36-24-16-12-22(13-17-24)31(21-8-4-3-5-9-21,23-14-18-25(37-2)19-15-23)38-28(34)11-7-6-10-27-29-26(20-39-27)32-30(35)33-29/h3-5,8-9,12-19,26-27,29H,6-7,10-11,20H2,1-2H3,(H2,32,33,35)/t26-,27-,29-/m0/s1. The zero-order valence-corrected chi connectivity index (χ0v) is 23.0. The van der Waals surface area contributed by atoms with E-state index in [1.54, 1.807) is 14.2 Å². The summed E-state index contributed by atoms with van der Waals surface area (Å²) in [6.45, 7) is 0. The van der Waals surface area contributed by atoms with Crippen LogP contribution in [0.1, 0.15) is 42.4 Å². The number of amides is 2. The lowest BCUT2D eigenvalue weighted by molar-refractivity contribution is -0.153. The largest absolute Gasteiger partial charge is 0.497 e. The topological polar surface area (TPSA) is 85.9 Å². The highest BCUT2D eigenvalue weighted by Gasteiger charge is 2.43. The van der Waals surface area contributed by atoms with Crippen molar-refractivity contribution in [3.63, 3.8) is 0 Å². The molecule has 3 atom stereocenters. The summed E-state index contributed by atoms with van der Waals surface area (Å²) in [5, 5.41) is 6.39. The van der Waals surface area contributed by atoms with Gasteiger partial charge < -0.3 is 24.8 Å². The summed E-state index contributed by atoms with van der Waals surface area (Å²) < 4.78 is 17.3. The molecule has 0 bridgehead atoms. The zero-order valence-electron chi connectivity index (χ0n) is 22.2. The Kier molecular flexibility index (Phi) is 8.31. The van der Waals surface area contributed by atoms with Gasteiger partial charge in [-0.1, -0.05) is 61.0 Å². The molecule has 8 heteroatoms. The third-order valence-corrected chi connectivity index (χ3v) is 9.01. The lowest BCUT2D eigenvalue weighted by atomic mass is 9.80. The third-order valence-electron chi connectivity index (χ3n) is 7.50. The SMILES string of the molecule is COc1ccc(C(OC(=O)CCCC[C@@H]2SC[C@@H]3NC(=O)N[C@@H]32)(c2ccccc2)c2ccc(OC)cc2)cc1. The number of unbranched alkanes of at least 4 members (excludes halogenated alkanes) is 1. The number of urea groups is 1. The summed E-state index contributed by atoms with van der Waals surface area (Å²) >= 11 is 1.89. The van der Waals surface area contributed by atoms with Gasteiger partial charge >= 0.3 is 12.0 Å². The second-order valence-corrected chi connectivity index (χ2v) is 11.1. The van der Waals surface area contributed by atoms with Crippen LogP contribution in [0.4, 0.5) is 4.79 Å². The van der Waals surface area contributed by atoms with Crippen LogP contribution in [0.2, 0.25) is 0 Å². The first-order chi connectivity index (χ1) is 19.0. The fraction of sp³-hybridized carbons (Fsp3) is 0.355. The molecule has 2 heterocycles. The predicted octanol–water partition coefficient (Wildman–Crippen LogP) is 5.26. The Labute approximate surface area is 233 Å². The number of fused-ring (bicyclic) bond motifs is 1. The van der Waals surface area contributed by atoms with E-state index in [4.69, 9.17) is 14.2 Å². The molecule has 2 N–H and O–H groups in total. The van der Waals surface area contributed by atoms with Gasteiger partial charge in [-0.15, -0.1) is 0 Å². The van der Waals surface area contributed by atoms with Gasteiger partial charge in [-0.05, 0) is 37.1 Å². The summed E-state index contributed by atoms with van der Waals surface area (Å²) in [6.07, 6.45) is 2.85. The Hall–Kier alpha value is -3.65. The van der Waals surface area contributed by atoms with Crippen molar-refractivity contribution in [3.05, 3.63) is 95.6 Å². The van der Waals surface area contributed by atoms with Crippen LogP contribution < -0.4 is 20.1 Å². The van der Waals surface area contributed by atoms with Gasteiger partial charge in [0.1, 0.15) is 11.5 Å². The molecule has 204 valence electrons. The molecule has 0 aromatic heterocycles. The number of thioether (sulfide) groups is 1. The molecule has 2 amide bonds. The highest BCUT2D eigenvalue weighted by molar-refractivity contribution is 8.00. The van der Waals surface area contributed by atoms with Gasteiger partial charge in [-0.2, -0.15) is 11.8 Å². The van der Waals surface area contributed by atoms with Crippen LogP contribution in [0, 0.1) is 0 Å². The number of carbonyl (C=O) groups is 2. The van der Waals surface area contributed by atoms with E-state index < -0.39 is 5.60 Å². The van der Waals surface area contributed by atoms with Gasteiger partial charge in [0, 0.05) is 34.1 Å². The van der Waals surface area contributed by atoms with Crippen molar-refractivity contribution in [1.82, 2.24) is 10.6 Å². The lowest BCUT2D eigenvalue weighted by Crippen LogP contribution is -2.36. The van der Waals surface area contributed by atoms with Crippen molar-refractivity contribution >= 4 is 23.8 Å². The summed E-state index contributed by atoms with van der Waals surface area (Å²) in [5.74, 6) is 2.11. The van der Waals surface area contributed by atoms with Crippen molar-refractivity contribution in [2.45, 2.75) is 48.6 Å². The molecule has 2 aliphatic rings. The van der Waals surface area contributed by atoms with Gasteiger partial charge in [0.25, 0.3) is 0 Å². The van der Waals surface area contributed by atoms with E-state index in [1.807, 2.05) is 90.6 Å². The number of ether oxygens (including phenoxy) is 3. The quantitative estimate of drug-likeness (QED) is 0.148. The molecule has 39 heavy (non-hydrogen) atoms. The second kappa shape index (κ2) is 12.0. The van der Waals surface area contributed by atoms with Gasteiger partial charge in [0.05, 0.1) is 26.3 Å². The van der Waals surface area contributed by atoms with E-state index in [0.717, 1.165) is 46.8 Å². The van der Waals surface area contributed by atoms with Gasteiger partial charge in [-0.25, -0.2) is 4.79 Å². The molecular weight excluding hydrogens is 512 g/mol. The number of esters is 1. The van der Waals surface area contributed by atoms with Crippen LogP contribution >= 0.6 is 11.8 Å². The molecule has 0 aliphatic carbocycles. The Morgan fingerprint density at radius 2 is 1.44 bits per heavy atom. The number of rotatable bonds is 11. The van der Waals surface area contributed by atoms with Crippen LogP contribution in [0.5, 0.6) is 11.5 Å². The van der Waals surface area contributed by atoms with Crippen molar-refractivity contribution in [3.8, 4) is 11.5 Å². The summed E-state index contributed by atoms with van der Waals surface area (Å²) in [4.78, 5) is 25.2. The number of nitrogens with one attached hydrogen (secondary N) is 2. The summed E-state index contributed by atoms with van der Waals surface area (Å²) in [7, 11) is 3.26. The lowest BCUT2D eigenvalue weighted by Gasteiger charge is -2.35. The zero-order chi connectivity index (χ0) is 27.2. The fourth-order valence-corrected chi connectivity index (χ4v) is 7.02. The molecule has 5 rings (SSSR count). The van der Waals surface area contributed by atoms with Gasteiger partial charge in [0.2, 0.25) is 0 Å². The van der Waals surface area contributed by atoms with E-state index in [-0.39, 0.29) is 24.1 Å². The number of benzene rings is 3. The second-order valence-electron chi connectivity index (χ2n) is 9.85. The Morgan fingerprint density at radius 1 is 0.846 bits per heavy atom. The minimum Gasteiger partial charge on any atom is -0.497 e. The minimum absolute atomic E-state index is 0.0757. The number of methoxy groups -OCH3 is 2. The van der Waals surface area contributed by atoms with Crippen LogP contribution in [-0.2, 0) is 15.1 Å². The molecule has 2 saturated heterocycles. The van der Waals surface area contributed by atoms with Crippen LogP contribution in [0.3, 0.4) is 0 Å². The maximum absolute atomic E-state index is 13.5. The van der Waals surface area contributed by atoms with Crippen molar-refractivity contribution in [1.29, 1.82) is 0 Å². The van der Waals surface area contributed by atoms with Crippen LogP contribution in [-0.4, -0.2) is 49.3 Å². The number of hydrogen-bond acceptors (Lipinski definition) is 6. The highest BCUT2D eigenvalue weighted by Crippen LogP contribution is 2.42. The molecular formula is C31H34N2O5S. The average molecular weight is 547 g/mol. The Morgan fingerprint density at radius 3 is 2.03 bits per heavy atom. The summed E-state index contributed by atoms with van der Waals surface area (Å²) in [6, 6.07) is 25.4. The van der Waals surface area contributed by atoms with E-state index >= 15 is 0 Å². The average Bonchev–Trinajstić information content (AvgIpc) is 3.53. The Balaban J connectivity index is 1.37. The highest BCUT2D eigenvalue weighted by atomic mass is 32.2.